The van der Waals surface area contributed by atoms with Crippen molar-refractivity contribution >= 4 is 0 Å². The van der Waals surface area contributed by atoms with Crippen LogP contribution in [0.25, 0.3) is 0 Å². The minimum absolute atomic E-state index is 0.00308. The summed E-state index contributed by atoms with van der Waals surface area (Å²) >= 11 is 0. The molecule has 1 heteroatoms. The van der Waals surface area contributed by atoms with Crippen molar-refractivity contribution in [2.45, 2.75) is 53.4 Å². The van der Waals surface area contributed by atoms with E-state index < -0.39 is 0 Å². The second kappa shape index (κ2) is 4.12. The molecule has 0 radical (unpaired) electrons. The van der Waals surface area contributed by atoms with E-state index in [2.05, 4.69) is 47.6 Å². The van der Waals surface area contributed by atoms with Gasteiger partial charge in [0.25, 0.3) is 0 Å². The lowest BCUT2D eigenvalue weighted by molar-refractivity contribution is 0.191. The highest BCUT2D eigenvalue weighted by Gasteiger charge is 2.39. The molecule has 0 aromatic heterocycles. The van der Waals surface area contributed by atoms with Crippen molar-refractivity contribution in [2.75, 3.05) is 0 Å². The van der Waals surface area contributed by atoms with Crippen molar-refractivity contribution in [3.05, 3.63) is 29.3 Å². The number of hydrogen-bond donors (Lipinski definition) is 1. The van der Waals surface area contributed by atoms with Gasteiger partial charge in [0.15, 0.2) is 0 Å². The van der Waals surface area contributed by atoms with Gasteiger partial charge in [0.05, 0.1) is 0 Å². The second-order valence-corrected chi connectivity index (χ2v) is 5.96. The Bertz CT molecular complexity index is 374. The number of aryl methyl sites for hydroxylation is 1. The SMILES string of the molecule is CCC(C)(c1cc(C)ccc1O)C(C)(C)C. The van der Waals surface area contributed by atoms with Gasteiger partial charge < -0.3 is 5.11 Å². The fourth-order valence-electron chi connectivity index (χ4n) is 2.22. The molecule has 90 valence electrons. The number of hydrogen-bond acceptors (Lipinski definition) is 1. The largest absolute Gasteiger partial charge is 0.508 e. The Morgan fingerprint density at radius 3 is 2.12 bits per heavy atom. The minimum atomic E-state index is 0.00308. The molecule has 1 N–H and O–H groups in total. The zero-order valence-corrected chi connectivity index (χ0v) is 11.4. The summed E-state index contributed by atoms with van der Waals surface area (Å²) in [7, 11) is 0. The van der Waals surface area contributed by atoms with Crippen LogP contribution in [0.5, 0.6) is 5.75 Å². The normalized spacial score (nSPS) is 15.9. The fraction of sp³-hybridized carbons (Fsp3) is 0.600. The topological polar surface area (TPSA) is 20.2 Å². The Labute approximate surface area is 99.5 Å². The van der Waals surface area contributed by atoms with Crippen LogP contribution in [0, 0.1) is 12.3 Å². The number of phenols is 1. The summed E-state index contributed by atoms with van der Waals surface area (Å²) in [6, 6.07) is 5.88. The predicted molar refractivity (Wildman–Crippen MR) is 69.9 cm³/mol. The quantitative estimate of drug-likeness (QED) is 0.782. The van der Waals surface area contributed by atoms with E-state index in [1.807, 2.05) is 12.1 Å². The minimum Gasteiger partial charge on any atom is -0.508 e. The third-order valence-electron chi connectivity index (χ3n) is 4.11. The summed E-state index contributed by atoms with van der Waals surface area (Å²) in [6.45, 7) is 13.2. The molecule has 0 aliphatic heterocycles. The van der Waals surface area contributed by atoms with Gasteiger partial charge in [-0.25, -0.2) is 0 Å². The predicted octanol–water partition coefficient (Wildman–Crippen LogP) is 4.41. The Morgan fingerprint density at radius 1 is 1.12 bits per heavy atom. The molecule has 0 amide bonds. The van der Waals surface area contributed by atoms with Crippen molar-refractivity contribution in [1.29, 1.82) is 0 Å². The molecule has 0 aliphatic carbocycles. The van der Waals surface area contributed by atoms with Crippen LogP contribution in [-0.2, 0) is 5.41 Å². The number of aromatic hydroxyl groups is 1. The van der Waals surface area contributed by atoms with E-state index in [4.69, 9.17) is 0 Å². The summed E-state index contributed by atoms with van der Waals surface area (Å²) < 4.78 is 0. The molecule has 0 bridgehead atoms. The first kappa shape index (κ1) is 13.1. The molecule has 1 aromatic rings. The van der Waals surface area contributed by atoms with Gasteiger partial charge in [-0.2, -0.15) is 0 Å². The van der Waals surface area contributed by atoms with Crippen molar-refractivity contribution in [1.82, 2.24) is 0 Å². The zero-order chi connectivity index (χ0) is 12.6. The average Bonchev–Trinajstić information content (AvgIpc) is 2.19. The average molecular weight is 220 g/mol. The molecule has 0 heterocycles. The highest BCUT2D eigenvalue weighted by atomic mass is 16.3. The molecule has 0 fully saturated rings. The molecular weight excluding hydrogens is 196 g/mol. The Hall–Kier alpha value is -0.980. The Morgan fingerprint density at radius 2 is 1.69 bits per heavy atom. The summed E-state index contributed by atoms with van der Waals surface area (Å²) in [6.07, 6.45) is 1.02. The van der Waals surface area contributed by atoms with Crippen LogP contribution in [0.3, 0.4) is 0 Å². The van der Waals surface area contributed by atoms with Gasteiger partial charge in [0.1, 0.15) is 5.75 Å². The maximum atomic E-state index is 10.1. The first-order valence-electron chi connectivity index (χ1n) is 6.02. The van der Waals surface area contributed by atoms with E-state index in [0.29, 0.717) is 5.75 Å². The fourth-order valence-corrected chi connectivity index (χ4v) is 2.22. The maximum absolute atomic E-state index is 10.1. The first-order valence-corrected chi connectivity index (χ1v) is 6.02. The van der Waals surface area contributed by atoms with E-state index in [1.165, 1.54) is 5.56 Å². The van der Waals surface area contributed by atoms with E-state index >= 15 is 0 Å². The van der Waals surface area contributed by atoms with Crippen molar-refractivity contribution < 1.29 is 5.11 Å². The second-order valence-electron chi connectivity index (χ2n) is 5.96. The molecule has 0 saturated carbocycles. The standard InChI is InChI=1S/C15H24O/c1-7-15(6,14(3,4)5)12-10-11(2)8-9-13(12)16/h8-10,16H,7H2,1-6H3. The first-order chi connectivity index (χ1) is 7.22. The molecule has 1 rings (SSSR count). The highest BCUT2D eigenvalue weighted by molar-refractivity contribution is 5.42. The number of benzene rings is 1. The van der Waals surface area contributed by atoms with Gasteiger partial charge in [-0.05, 0) is 24.8 Å². The molecule has 0 saturated heterocycles. The molecule has 1 aromatic carbocycles. The monoisotopic (exact) mass is 220 g/mol. The molecule has 0 spiro atoms. The van der Waals surface area contributed by atoms with Crippen molar-refractivity contribution in [2.24, 2.45) is 5.41 Å². The summed E-state index contributed by atoms with van der Waals surface area (Å²) in [5.74, 6) is 0.421. The van der Waals surface area contributed by atoms with Crippen LogP contribution in [0.1, 0.15) is 52.2 Å². The molecule has 16 heavy (non-hydrogen) atoms. The van der Waals surface area contributed by atoms with Crippen LogP contribution in [0.15, 0.2) is 18.2 Å². The Balaban J connectivity index is 3.39. The zero-order valence-electron chi connectivity index (χ0n) is 11.4. The molecule has 1 nitrogen and oxygen atoms in total. The van der Waals surface area contributed by atoms with Crippen LogP contribution in [0.2, 0.25) is 0 Å². The van der Waals surface area contributed by atoms with Gasteiger partial charge in [0.2, 0.25) is 0 Å². The lowest BCUT2D eigenvalue weighted by Gasteiger charge is -2.42. The molecule has 0 aliphatic rings. The smallest absolute Gasteiger partial charge is 0.119 e. The third-order valence-corrected chi connectivity index (χ3v) is 4.11. The van der Waals surface area contributed by atoms with Gasteiger partial charge in [-0.15, -0.1) is 0 Å². The van der Waals surface area contributed by atoms with E-state index in [9.17, 15) is 5.11 Å². The van der Waals surface area contributed by atoms with Crippen molar-refractivity contribution in [3.63, 3.8) is 0 Å². The van der Waals surface area contributed by atoms with Gasteiger partial charge in [-0.1, -0.05) is 52.3 Å². The molecule has 1 atom stereocenters. The van der Waals surface area contributed by atoms with Crippen molar-refractivity contribution in [3.8, 4) is 5.75 Å². The van der Waals surface area contributed by atoms with E-state index in [1.54, 1.807) is 0 Å². The van der Waals surface area contributed by atoms with E-state index in [-0.39, 0.29) is 10.8 Å². The lowest BCUT2D eigenvalue weighted by Crippen LogP contribution is -2.36. The Kier molecular flexibility index (Phi) is 3.37. The molecular formula is C15H24O. The highest BCUT2D eigenvalue weighted by Crippen LogP contribution is 2.47. The van der Waals surface area contributed by atoms with Crippen LogP contribution >= 0.6 is 0 Å². The van der Waals surface area contributed by atoms with Gasteiger partial charge in [0, 0.05) is 11.0 Å². The third kappa shape index (κ3) is 2.09. The van der Waals surface area contributed by atoms with Crippen LogP contribution in [-0.4, -0.2) is 5.11 Å². The van der Waals surface area contributed by atoms with Gasteiger partial charge >= 0.3 is 0 Å². The molecule has 1 unspecified atom stereocenters. The maximum Gasteiger partial charge on any atom is 0.119 e. The summed E-state index contributed by atoms with van der Waals surface area (Å²) in [4.78, 5) is 0. The number of rotatable bonds is 2. The van der Waals surface area contributed by atoms with E-state index in [0.717, 1.165) is 12.0 Å². The summed E-state index contributed by atoms with van der Waals surface area (Å²) in [5, 5.41) is 10.1. The van der Waals surface area contributed by atoms with Gasteiger partial charge in [-0.3, -0.25) is 0 Å². The van der Waals surface area contributed by atoms with Crippen LogP contribution in [0.4, 0.5) is 0 Å². The lowest BCUT2D eigenvalue weighted by atomic mass is 9.62. The van der Waals surface area contributed by atoms with Crippen LogP contribution < -0.4 is 0 Å². The number of phenolic OH excluding ortho intramolecular Hbond substituents is 1. The summed E-state index contributed by atoms with van der Waals surface area (Å²) in [5.41, 5.74) is 2.41.